The molecule has 0 saturated heterocycles. The Morgan fingerprint density at radius 2 is 1.54 bits per heavy atom. The molecule has 0 aliphatic heterocycles. The summed E-state index contributed by atoms with van der Waals surface area (Å²) < 4.78 is 33.5. The third kappa shape index (κ3) is 4.08. The molecule has 1 heterocycles. The Balaban J connectivity index is 1.74. The molecule has 0 unspecified atom stereocenters. The van der Waals surface area contributed by atoms with Gasteiger partial charge in [0.15, 0.2) is 0 Å². The van der Waals surface area contributed by atoms with E-state index in [1.54, 1.807) is 18.4 Å². The highest BCUT2D eigenvalue weighted by molar-refractivity contribution is 7.92. The second kappa shape index (κ2) is 7.25. The number of aryl methyl sites for hydroxylation is 3. The number of hydrogen-bond donors (Lipinski definition) is 2. The van der Waals surface area contributed by atoms with E-state index in [2.05, 4.69) is 10.0 Å². The molecule has 6 heteroatoms. The smallest absolute Gasteiger partial charge is 0.262 e. The number of rotatable bonds is 6. The number of hydrogen-bond acceptors (Lipinski definition) is 4. The summed E-state index contributed by atoms with van der Waals surface area (Å²) in [6, 6.07) is 14.6. The summed E-state index contributed by atoms with van der Waals surface area (Å²) >= 11 is 0. The van der Waals surface area contributed by atoms with Gasteiger partial charge in [0.1, 0.15) is 5.76 Å². The number of sulfonamides is 1. The van der Waals surface area contributed by atoms with Crippen molar-refractivity contribution in [1.29, 1.82) is 0 Å². The van der Waals surface area contributed by atoms with Crippen LogP contribution in [0, 0.1) is 20.8 Å². The average Bonchev–Trinajstić information content (AvgIpc) is 3.06. The van der Waals surface area contributed by atoms with Crippen molar-refractivity contribution in [3.05, 3.63) is 77.2 Å². The van der Waals surface area contributed by atoms with Crippen molar-refractivity contribution >= 4 is 21.4 Å². The van der Waals surface area contributed by atoms with Crippen LogP contribution in [-0.4, -0.2) is 8.42 Å². The SMILES string of the molecule is Cc1cc(C)c(S(=O)(=O)Nc2ccc(NCc3ccco3)cc2)c(C)c1. The quantitative estimate of drug-likeness (QED) is 0.664. The lowest BCUT2D eigenvalue weighted by molar-refractivity contribution is 0.518. The second-order valence-corrected chi connectivity index (χ2v) is 7.96. The molecule has 0 saturated carbocycles. The summed E-state index contributed by atoms with van der Waals surface area (Å²) in [6.07, 6.45) is 1.63. The van der Waals surface area contributed by atoms with E-state index in [-0.39, 0.29) is 0 Å². The first-order valence-electron chi connectivity index (χ1n) is 8.32. The van der Waals surface area contributed by atoms with Gasteiger partial charge in [0.2, 0.25) is 0 Å². The minimum Gasteiger partial charge on any atom is -0.467 e. The summed E-state index contributed by atoms with van der Waals surface area (Å²) in [6.45, 7) is 6.16. The fourth-order valence-corrected chi connectivity index (χ4v) is 4.57. The maximum absolute atomic E-state index is 12.8. The molecule has 2 aromatic carbocycles. The van der Waals surface area contributed by atoms with Crippen LogP contribution in [0.3, 0.4) is 0 Å². The molecule has 0 aliphatic carbocycles. The number of anilines is 2. The van der Waals surface area contributed by atoms with Crippen molar-refractivity contribution in [2.45, 2.75) is 32.2 Å². The van der Waals surface area contributed by atoms with E-state index in [4.69, 9.17) is 4.42 Å². The molecular formula is C20H22N2O3S. The molecule has 0 amide bonds. The van der Waals surface area contributed by atoms with Gasteiger partial charge in [-0.1, -0.05) is 17.7 Å². The Bertz CT molecular complexity index is 969. The Kier molecular flexibility index (Phi) is 5.04. The molecule has 0 fully saturated rings. The number of furan rings is 1. The van der Waals surface area contributed by atoms with E-state index in [9.17, 15) is 8.42 Å². The minimum atomic E-state index is -3.64. The van der Waals surface area contributed by atoms with Crippen LogP contribution in [0.4, 0.5) is 11.4 Å². The molecule has 26 heavy (non-hydrogen) atoms. The Morgan fingerprint density at radius 3 is 2.12 bits per heavy atom. The minimum absolute atomic E-state index is 0.336. The second-order valence-electron chi connectivity index (χ2n) is 6.34. The van der Waals surface area contributed by atoms with Gasteiger partial charge < -0.3 is 9.73 Å². The van der Waals surface area contributed by atoms with E-state index < -0.39 is 10.0 Å². The lowest BCUT2D eigenvalue weighted by Gasteiger charge is -2.14. The van der Waals surface area contributed by atoms with E-state index in [1.807, 2.05) is 57.2 Å². The zero-order valence-electron chi connectivity index (χ0n) is 15.0. The summed E-state index contributed by atoms with van der Waals surface area (Å²) in [4.78, 5) is 0.336. The molecule has 136 valence electrons. The molecule has 0 atom stereocenters. The van der Waals surface area contributed by atoms with E-state index in [1.165, 1.54) is 0 Å². The van der Waals surface area contributed by atoms with Gasteiger partial charge in [-0.3, -0.25) is 4.72 Å². The van der Waals surface area contributed by atoms with Gasteiger partial charge in [0.25, 0.3) is 10.0 Å². The van der Waals surface area contributed by atoms with Gasteiger partial charge in [0.05, 0.1) is 17.7 Å². The van der Waals surface area contributed by atoms with Gasteiger partial charge in [-0.05, 0) is 68.3 Å². The number of nitrogens with one attached hydrogen (secondary N) is 2. The highest BCUT2D eigenvalue weighted by atomic mass is 32.2. The topological polar surface area (TPSA) is 71.3 Å². The van der Waals surface area contributed by atoms with Crippen LogP contribution >= 0.6 is 0 Å². The first-order chi connectivity index (χ1) is 12.3. The van der Waals surface area contributed by atoms with Crippen molar-refractivity contribution in [1.82, 2.24) is 0 Å². The predicted octanol–water partition coefficient (Wildman–Crippen LogP) is 4.62. The van der Waals surface area contributed by atoms with Crippen molar-refractivity contribution in [2.75, 3.05) is 10.0 Å². The normalized spacial score (nSPS) is 11.3. The van der Waals surface area contributed by atoms with Crippen molar-refractivity contribution in [2.24, 2.45) is 0 Å². The average molecular weight is 370 g/mol. The van der Waals surface area contributed by atoms with Gasteiger partial charge in [0, 0.05) is 11.4 Å². The van der Waals surface area contributed by atoms with Gasteiger partial charge >= 0.3 is 0 Å². The molecule has 5 nitrogen and oxygen atoms in total. The van der Waals surface area contributed by atoms with Crippen molar-refractivity contribution in [3.8, 4) is 0 Å². The van der Waals surface area contributed by atoms with Gasteiger partial charge in [-0.2, -0.15) is 0 Å². The lowest BCUT2D eigenvalue weighted by Crippen LogP contribution is -2.16. The molecule has 0 spiro atoms. The van der Waals surface area contributed by atoms with E-state index >= 15 is 0 Å². The predicted molar refractivity (Wildman–Crippen MR) is 104 cm³/mol. The summed E-state index contributed by atoms with van der Waals surface area (Å²) in [5.74, 6) is 0.833. The monoisotopic (exact) mass is 370 g/mol. The van der Waals surface area contributed by atoms with Crippen LogP contribution in [-0.2, 0) is 16.6 Å². The maximum Gasteiger partial charge on any atom is 0.262 e. The van der Waals surface area contributed by atoms with Crippen LogP contribution in [0.1, 0.15) is 22.5 Å². The Labute approximate surface area is 154 Å². The highest BCUT2D eigenvalue weighted by Gasteiger charge is 2.20. The fraction of sp³-hybridized carbons (Fsp3) is 0.200. The Hall–Kier alpha value is -2.73. The third-order valence-corrected chi connectivity index (χ3v) is 5.74. The lowest BCUT2D eigenvalue weighted by atomic mass is 10.1. The van der Waals surface area contributed by atoms with Gasteiger partial charge in [-0.25, -0.2) is 8.42 Å². The largest absolute Gasteiger partial charge is 0.467 e. The highest BCUT2D eigenvalue weighted by Crippen LogP contribution is 2.25. The summed E-state index contributed by atoms with van der Waals surface area (Å²) in [5.41, 5.74) is 3.93. The fourth-order valence-electron chi connectivity index (χ4n) is 3.06. The van der Waals surface area contributed by atoms with Crippen LogP contribution in [0.25, 0.3) is 0 Å². The maximum atomic E-state index is 12.8. The standard InChI is InChI=1S/C20H22N2O3S/c1-14-11-15(2)20(16(3)12-14)26(23,24)22-18-8-6-17(7-9-18)21-13-19-5-4-10-25-19/h4-12,21-22H,13H2,1-3H3. The summed E-state index contributed by atoms with van der Waals surface area (Å²) in [7, 11) is -3.64. The van der Waals surface area contributed by atoms with E-state index in [0.29, 0.717) is 17.1 Å². The van der Waals surface area contributed by atoms with Gasteiger partial charge in [-0.15, -0.1) is 0 Å². The molecule has 0 radical (unpaired) electrons. The molecule has 1 aromatic heterocycles. The van der Waals surface area contributed by atoms with E-state index in [0.717, 1.165) is 28.1 Å². The van der Waals surface area contributed by atoms with Crippen LogP contribution in [0.15, 0.2) is 64.1 Å². The van der Waals surface area contributed by atoms with Crippen molar-refractivity contribution in [3.63, 3.8) is 0 Å². The van der Waals surface area contributed by atoms with Crippen LogP contribution < -0.4 is 10.0 Å². The molecule has 0 bridgehead atoms. The zero-order valence-corrected chi connectivity index (χ0v) is 15.9. The van der Waals surface area contributed by atoms with Crippen molar-refractivity contribution < 1.29 is 12.8 Å². The molecular weight excluding hydrogens is 348 g/mol. The first-order valence-corrected chi connectivity index (χ1v) is 9.80. The Morgan fingerprint density at radius 1 is 0.923 bits per heavy atom. The number of benzene rings is 2. The summed E-state index contributed by atoms with van der Waals surface area (Å²) in [5, 5.41) is 3.22. The first kappa shape index (κ1) is 18.1. The van der Waals surface area contributed by atoms with Crippen LogP contribution in [0.5, 0.6) is 0 Å². The third-order valence-electron chi connectivity index (χ3n) is 4.06. The molecule has 3 aromatic rings. The van der Waals surface area contributed by atoms with Crippen LogP contribution in [0.2, 0.25) is 0 Å². The molecule has 3 rings (SSSR count). The molecule has 2 N–H and O–H groups in total. The molecule has 0 aliphatic rings. The zero-order chi connectivity index (χ0) is 18.7.